The van der Waals surface area contributed by atoms with Gasteiger partial charge < -0.3 is 4.57 Å². The molecular weight excluding hydrogens is 284 g/mol. The lowest BCUT2D eigenvalue weighted by Crippen LogP contribution is -1.96. The van der Waals surface area contributed by atoms with Crippen LogP contribution in [0.3, 0.4) is 0 Å². The van der Waals surface area contributed by atoms with Crippen LogP contribution in [0.5, 0.6) is 0 Å². The number of unbranched alkanes of at least 4 members (excludes halogenated alkanes) is 2. The van der Waals surface area contributed by atoms with Crippen molar-refractivity contribution >= 4 is 0 Å². The van der Waals surface area contributed by atoms with E-state index in [1.54, 1.807) is 11.6 Å². The molecule has 0 radical (unpaired) electrons. The van der Waals surface area contributed by atoms with Gasteiger partial charge in [-0.1, -0.05) is 37.8 Å². The molecule has 0 bridgehead atoms. The van der Waals surface area contributed by atoms with Gasteiger partial charge in [0.2, 0.25) is 0 Å². The zero-order valence-corrected chi connectivity index (χ0v) is 13.4. The Bertz CT molecular complexity index is 818. The Labute approximate surface area is 137 Å². The standard InChI is InChI=1S/C19H18N4/c1-3-4-5-6-15-7-9-16(10-8-15)11-12-19-22-17(13-20)18(14-21)23(19)2/h7-10H,3-6H2,1-2H3. The van der Waals surface area contributed by atoms with Crippen molar-refractivity contribution in [2.45, 2.75) is 32.6 Å². The van der Waals surface area contributed by atoms with E-state index in [-0.39, 0.29) is 11.4 Å². The second kappa shape index (κ2) is 7.83. The normalized spacial score (nSPS) is 9.57. The second-order valence-electron chi connectivity index (χ2n) is 5.32. The summed E-state index contributed by atoms with van der Waals surface area (Å²) in [5.41, 5.74) is 2.57. The van der Waals surface area contributed by atoms with Gasteiger partial charge in [-0.15, -0.1) is 0 Å². The molecule has 0 saturated carbocycles. The molecule has 0 saturated heterocycles. The first kappa shape index (κ1) is 16.3. The molecule has 2 rings (SSSR count). The van der Waals surface area contributed by atoms with Crippen molar-refractivity contribution in [3.63, 3.8) is 0 Å². The summed E-state index contributed by atoms with van der Waals surface area (Å²) in [6.45, 7) is 2.20. The van der Waals surface area contributed by atoms with E-state index in [1.807, 2.05) is 24.3 Å². The van der Waals surface area contributed by atoms with E-state index in [0.717, 1.165) is 12.0 Å². The van der Waals surface area contributed by atoms with Gasteiger partial charge in [0.05, 0.1) is 0 Å². The van der Waals surface area contributed by atoms with Crippen LogP contribution in [0.2, 0.25) is 0 Å². The summed E-state index contributed by atoms with van der Waals surface area (Å²) in [7, 11) is 1.69. The second-order valence-corrected chi connectivity index (χ2v) is 5.32. The molecule has 4 heteroatoms. The Hall–Kier alpha value is -3.03. The van der Waals surface area contributed by atoms with Crippen LogP contribution in [0.15, 0.2) is 24.3 Å². The highest BCUT2D eigenvalue weighted by atomic mass is 15.1. The van der Waals surface area contributed by atoms with E-state index in [4.69, 9.17) is 10.5 Å². The largest absolute Gasteiger partial charge is 0.311 e. The smallest absolute Gasteiger partial charge is 0.187 e. The maximum absolute atomic E-state index is 9.04. The molecule has 0 N–H and O–H groups in total. The number of nitriles is 2. The third-order valence-electron chi connectivity index (χ3n) is 3.65. The van der Waals surface area contributed by atoms with Gasteiger partial charge in [-0.25, -0.2) is 4.98 Å². The predicted octanol–water partition coefficient (Wildman–Crippen LogP) is 3.30. The molecule has 0 amide bonds. The minimum atomic E-state index is 0.116. The lowest BCUT2D eigenvalue weighted by molar-refractivity contribution is 0.717. The first-order valence-electron chi connectivity index (χ1n) is 7.67. The molecule has 4 nitrogen and oxygen atoms in total. The van der Waals surface area contributed by atoms with Crippen LogP contribution in [-0.2, 0) is 13.5 Å². The summed E-state index contributed by atoms with van der Waals surface area (Å²) in [6.07, 6.45) is 4.78. The number of aryl methyl sites for hydroxylation is 1. The number of hydrogen-bond donors (Lipinski definition) is 0. The van der Waals surface area contributed by atoms with Crippen molar-refractivity contribution in [1.82, 2.24) is 9.55 Å². The maximum atomic E-state index is 9.04. The van der Waals surface area contributed by atoms with Gasteiger partial charge >= 0.3 is 0 Å². The van der Waals surface area contributed by atoms with Crippen LogP contribution < -0.4 is 0 Å². The highest BCUT2D eigenvalue weighted by molar-refractivity contribution is 5.44. The first-order valence-corrected chi connectivity index (χ1v) is 7.67. The van der Waals surface area contributed by atoms with Crippen molar-refractivity contribution in [3.05, 3.63) is 52.6 Å². The van der Waals surface area contributed by atoms with Gasteiger partial charge in [0.1, 0.15) is 12.1 Å². The maximum Gasteiger partial charge on any atom is 0.187 e. The Kier molecular flexibility index (Phi) is 5.56. The van der Waals surface area contributed by atoms with Crippen molar-refractivity contribution < 1.29 is 0 Å². The number of aromatic nitrogens is 2. The highest BCUT2D eigenvalue weighted by Crippen LogP contribution is 2.10. The first-order chi connectivity index (χ1) is 11.2. The quantitative estimate of drug-likeness (QED) is 0.643. The molecule has 0 aliphatic heterocycles. The van der Waals surface area contributed by atoms with Crippen molar-refractivity contribution in [2.24, 2.45) is 7.05 Å². The van der Waals surface area contributed by atoms with Crippen molar-refractivity contribution in [2.75, 3.05) is 0 Å². The van der Waals surface area contributed by atoms with E-state index in [2.05, 4.69) is 35.9 Å². The number of benzene rings is 1. The summed E-state index contributed by atoms with van der Waals surface area (Å²) < 4.78 is 1.55. The van der Waals surface area contributed by atoms with Crippen molar-refractivity contribution in [3.8, 4) is 24.0 Å². The lowest BCUT2D eigenvalue weighted by Gasteiger charge is -2.00. The molecule has 0 unspecified atom stereocenters. The van der Waals surface area contributed by atoms with Crippen LogP contribution in [0.25, 0.3) is 0 Å². The van der Waals surface area contributed by atoms with Gasteiger partial charge in [-0.05, 0) is 36.5 Å². The van der Waals surface area contributed by atoms with Gasteiger partial charge in [-0.2, -0.15) is 10.5 Å². The van der Waals surface area contributed by atoms with Crippen molar-refractivity contribution in [1.29, 1.82) is 10.5 Å². The monoisotopic (exact) mass is 302 g/mol. The third-order valence-corrected chi connectivity index (χ3v) is 3.65. The van der Waals surface area contributed by atoms with Crippen LogP contribution in [-0.4, -0.2) is 9.55 Å². The summed E-state index contributed by atoms with van der Waals surface area (Å²) in [5, 5.41) is 18.0. The summed E-state index contributed by atoms with van der Waals surface area (Å²) in [4.78, 5) is 4.09. The number of hydrogen-bond acceptors (Lipinski definition) is 3. The zero-order chi connectivity index (χ0) is 16.7. The minimum absolute atomic E-state index is 0.116. The molecule has 1 aromatic carbocycles. The van der Waals surface area contributed by atoms with Crippen LogP contribution in [0, 0.1) is 34.5 Å². The van der Waals surface area contributed by atoms with Crippen LogP contribution >= 0.6 is 0 Å². The fourth-order valence-electron chi connectivity index (χ4n) is 2.28. The Morgan fingerprint density at radius 3 is 2.35 bits per heavy atom. The molecule has 0 aliphatic rings. The fraction of sp³-hybridized carbons (Fsp3) is 0.316. The molecule has 1 heterocycles. The Morgan fingerprint density at radius 1 is 1.04 bits per heavy atom. The average Bonchev–Trinajstić information content (AvgIpc) is 2.89. The zero-order valence-electron chi connectivity index (χ0n) is 13.4. The summed E-state index contributed by atoms with van der Waals surface area (Å²) >= 11 is 0. The number of imidazole rings is 1. The third kappa shape index (κ3) is 4.00. The number of nitrogens with zero attached hydrogens (tertiary/aromatic N) is 4. The van der Waals surface area contributed by atoms with Gasteiger partial charge in [0.15, 0.2) is 17.2 Å². The molecule has 0 atom stereocenters. The van der Waals surface area contributed by atoms with Crippen LogP contribution in [0.1, 0.15) is 54.5 Å². The molecule has 114 valence electrons. The van der Waals surface area contributed by atoms with Crippen LogP contribution in [0.4, 0.5) is 0 Å². The Morgan fingerprint density at radius 2 is 1.78 bits per heavy atom. The fourth-order valence-corrected chi connectivity index (χ4v) is 2.28. The molecule has 23 heavy (non-hydrogen) atoms. The van der Waals surface area contributed by atoms with Gasteiger partial charge in [-0.3, -0.25) is 0 Å². The molecule has 2 aromatic rings. The van der Waals surface area contributed by atoms with E-state index < -0.39 is 0 Å². The summed E-state index contributed by atoms with van der Waals surface area (Å²) in [6, 6.07) is 12.1. The van der Waals surface area contributed by atoms with E-state index >= 15 is 0 Å². The van der Waals surface area contributed by atoms with E-state index in [1.165, 1.54) is 24.8 Å². The SMILES string of the molecule is CCCCCc1ccc(C#Cc2nc(C#N)c(C#N)n2C)cc1. The Balaban J connectivity index is 2.15. The van der Waals surface area contributed by atoms with Gasteiger partial charge in [0, 0.05) is 12.6 Å². The minimum Gasteiger partial charge on any atom is -0.311 e. The molecule has 0 aliphatic carbocycles. The number of rotatable bonds is 4. The summed E-state index contributed by atoms with van der Waals surface area (Å²) in [5.74, 6) is 6.38. The molecule has 0 fully saturated rings. The van der Waals surface area contributed by atoms with E-state index in [9.17, 15) is 0 Å². The molecular formula is C19H18N4. The highest BCUT2D eigenvalue weighted by Gasteiger charge is 2.12. The van der Waals surface area contributed by atoms with Gasteiger partial charge in [0.25, 0.3) is 0 Å². The lowest BCUT2D eigenvalue weighted by atomic mass is 10.1. The molecule has 1 aromatic heterocycles. The van der Waals surface area contributed by atoms with E-state index in [0.29, 0.717) is 5.82 Å². The molecule has 0 spiro atoms. The topological polar surface area (TPSA) is 65.4 Å². The average molecular weight is 302 g/mol. The predicted molar refractivity (Wildman–Crippen MR) is 88.3 cm³/mol.